The number of nitrogens with one attached hydrogen (secondary N) is 1. The van der Waals surface area contributed by atoms with Gasteiger partial charge in [-0.15, -0.1) is 0 Å². The number of aryl methyl sites for hydroxylation is 3. The van der Waals surface area contributed by atoms with Gasteiger partial charge in [0.25, 0.3) is 5.91 Å². The largest absolute Gasteiger partial charge is 0.379 e. The lowest BCUT2D eigenvalue weighted by molar-refractivity contribution is 0.0730. The summed E-state index contributed by atoms with van der Waals surface area (Å²) in [4.78, 5) is 13.2. The maximum absolute atomic E-state index is 13.1. The van der Waals surface area contributed by atoms with Crippen LogP contribution in [0.15, 0.2) is 41.3 Å². The Balaban J connectivity index is 1.53. The van der Waals surface area contributed by atoms with Crippen LogP contribution >= 0.6 is 0 Å². The van der Waals surface area contributed by atoms with Gasteiger partial charge in [0, 0.05) is 18.7 Å². The summed E-state index contributed by atoms with van der Waals surface area (Å²) < 4.78 is 32.7. The predicted molar refractivity (Wildman–Crippen MR) is 120 cm³/mol. The monoisotopic (exact) mass is 442 g/mol. The summed E-state index contributed by atoms with van der Waals surface area (Å²) in [5.41, 5.74) is 4.99. The van der Waals surface area contributed by atoms with Gasteiger partial charge in [-0.1, -0.05) is 24.3 Å². The number of nitrogens with zero attached hydrogens (tertiary/aromatic N) is 1. The number of benzene rings is 2. The zero-order valence-electron chi connectivity index (χ0n) is 18.2. The second kappa shape index (κ2) is 9.10. The Kier molecular flexibility index (Phi) is 6.46. The van der Waals surface area contributed by atoms with Gasteiger partial charge in [-0.05, 0) is 73.9 Å². The van der Waals surface area contributed by atoms with Crippen molar-refractivity contribution in [2.24, 2.45) is 0 Å². The number of sulfonamides is 1. The van der Waals surface area contributed by atoms with Crippen molar-refractivity contribution in [1.29, 1.82) is 0 Å². The molecule has 1 unspecified atom stereocenters. The Morgan fingerprint density at radius 3 is 2.48 bits per heavy atom. The average Bonchev–Trinajstić information content (AvgIpc) is 2.79. The highest BCUT2D eigenvalue weighted by atomic mass is 32.2. The SMILES string of the molecule is Cc1ccc(S(=O)(=O)N2CCOCC2)cc1C(=O)NC(C)c1ccc2c(c1)CCCC2. The van der Waals surface area contributed by atoms with Gasteiger partial charge in [0.2, 0.25) is 10.0 Å². The highest BCUT2D eigenvalue weighted by Crippen LogP contribution is 2.26. The normalized spacial score (nSPS) is 18.3. The molecule has 0 radical (unpaired) electrons. The molecule has 1 atom stereocenters. The maximum atomic E-state index is 13.1. The zero-order valence-corrected chi connectivity index (χ0v) is 19.0. The number of hydrogen-bond donors (Lipinski definition) is 1. The summed E-state index contributed by atoms with van der Waals surface area (Å²) in [5.74, 6) is -0.262. The van der Waals surface area contributed by atoms with Gasteiger partial charge in [-0.3, -0.25) is 4.79 Å². The van der Waals surface area contributed by atoms with Crippen molar-refractivity contribution in [2.45, 2.75) is 50.5 Å². The first kappa shape index (κ1) is 22.0. The molecular weight excluding hydrogens is 412 g/mol. The van der Waals surface area contributed by atoms with Gasteiger partial charge in [0.1, 0.15) is 0 Å². The van der Waals surface area contributed by atoms with E-state index in [1.54, 1.807) is 12.1 Å². The molecule has 7 heteroatoms. The van der Waals surface area contributed by atoms with E-state index in [9.17, 15) is 13.2 Å². The summed E-state index contributed by atoms with van der Waals surface area (Å²) in [6, 6.07) is 11.1. The van der Waals surface area contributed by atoms with Crippen LogP contribution in [0.2, 0.25) is 0 Å². The van der Waals surface area contributed by atoms with Crippen LogP contribution in [0.5, 0.6) is 0 Å². The number of carbonyl (C=O) groups excluding carboxylic acids is 1. The summed E-state index contributed by atoms with van der Waals surface area (Å²) in [5, 5.41) is 3.05. The first-order valence-electron chi connectivity index (χ1n) is 11.0. The van der Waals surface area contributed by atoms with Crippen molar-refractivity contribution in [3.8, 4) is 0 Å². The minimum absolute atomic E-state index is 0.145. The summed E-state index contributed by atoms with van der Waals surface area (Å²) in [6.07, 6.45) is 4.66. The van der Waals surface area contributed by atoms with Crippen molar-refractivity contribution in [1.82, 2.24) is 9.62 Å². The maximum Gasteiger partial charge on any atom is 0.252 e. The van der Waals surface area contributed by atoms with E-state index in [1.165, 1.54) is 34.3 Å². The minimum Gasteiger partial charge on any atom is -0.379 e. The quantitative estimate of drug-likeness (QED) is 0.770. The highest BCUT2D eigenvalue weighted by molar-refractivity contribution is 7.89. The number of hydrogen-bond acceptors (Lipinski definition) is 4. The molecule has 0 spiro atoms. The molecule has 1 fully saturated rings. The fourth-order valence-electron chi connectivity index (χ4n) is 4.32. The molecule has 166 valence electrons. The van der Waals surface area contributed by atoms with Gasteiger partial charge < -0.3 is 10.1 Å². The van der Waals surface area contributed by atoms with Crippen LogP contribution in [-0.4, -0.2) is 44.9 Å². The lowest BCUT2D eigenvalue weighted by Crippen LogP contribution is -2.40. The zero-order chi connectivity index (χ0) is 22.0. The molecule has 2 aromatic rings. The van der Waals surface area contributed by atoms with Gasteiger partial charge in [0.15, 0.2) is 0 Å². The molecule has 0 aromatic heterocycles. The highest BCUT2D eigenvalue weighted by Gasteiger charge is 2.27. The number of rotatable bonds is 5. The van der Waals surface area contributed by atoms with E-state index in [0.717, 1.165) is 24.0 Å². The Labute approximate surface area is 184 Å². The van der Waals surface area contributed by atoms with Crippen LogP contribution in [0.4, 0.5) is 0 Å². The van der Waals surface area contributed by atoms with Crippen molar-refractivity contribution < 1.29 is 17.9 Å². The molecule has 31 heavy (non-hydrogen) atoms. The molecule has 1 amide bonds. The third-order valence-corrected chi connectivity index (χ3v) is 8.18. The van der Waals surface area contributed by atoms with E-state index in [-0.39, 0.29) is 16.8 Å². The minimum atomic E-state index is -3.65. The molecule has 1 aliphatic heterocycles. The first-order chi connectivity index (χ1) is 14.9. The van der Waals surface area contributed by atoms with Crippen LogP contribution in [-0.2, 0) is 27.6 Å². The Hall–Kier alpha value is -2.22. The standard InChI is InChI=1S/C24H30N2O4S/c1-17-7-10-22(31(28,29)26-11-13-30-14-12-26)16-23(17)24(27)25-18(2)20-9-8-19-5-3-4-6-21(19)15-20/h7-10,15-16,18H,3-6,11-14H2,1-2H3,(H,25,27). The molecule has 1 saturated heterocycles. The molecule has 1 heterocycles. The van der Waals surface area contributed by atoms with Crippen molar-refractivity contribution in [3.05, 3.63) is 64.2 Å². The van der Waals surface area contributed by atoms with E-state index in [2.05, 4.69) is 23.5 Å². The fourth-order valence-corrected chi connectivity index (χ4v) is 5.76. The molecule has 0 saturated carbocycles. The van der Waals surface area contributed by atoms with Gasteiger partial charge >= 0.3 is 0 Å². The number of fused-ring (bicyclic) bond motifs is 1. The average molecular weight is 443 g/mol. The fraction of sp³-hybridized carbons (Fsp3) is 0.458. The molecule has 2 aromatic carbocycles. The molecule has 2 aliphatic rings. The molecule has 0 bridgehead atoms. The summed E-state index contributed by atoms with van der Waals surface area (Å²) >= 11 is 0. The topological polar surface area (TPSA) is 75.7 Å². The second-order valence-electron chi connectivity index (χ2n) is 8.42. The van der Waals surface area contributed by atoms with Crippen molar-refractivity contribution >= 4 is 15.9 Å². The smallest absolute Gasteiger partial charge is 0.252 e. The van der Waals surface area contributed by atoms with Gasteiger partial charge in [0.05, 0.1) is 24.2 Å². The van der Waals surface area contributed by atoms with E-state index in [0.29, 0.717) is 31.9 Å². The lowest BCUT2D eigenvalue weighted by Gasteiger charge is -2.26. The summed E-state index contributed by atoms with van der Waals surface area (Å²) in [7, 11) is -3.65. The number of carbonyl (C=O) groups is 1. The molecular formula is C24H30N2O4S. The lowest BCUT2D eigenvalue weighted by atomic mass is 9.89. The van der Waals surface area contributed by atoms with Crippen molar-refractivity contribution in [3.63, 3.8) is 0 Å². The second-order valence-corrected chi connectivity index (χ2v) is 10.4. The molecule has 4 rings (SSSR count). The number of morpholine rings is 1. The Morgan fingerprint density at radius 2 is 1.74 bits per heavy atom. The molecule has 1 N–H and O–H groups in total. The van der Waals surface area contributed by atoms with E-state index in [4.69, 9.17) is 4.74 Å². The third kappa shape index (κ3) is 4.68. The Morgan fingerprint density at radius 1 is 1.03 bits per heavy atom. The van der Waals surface area contributed by atoms with E-state index < -0.39 is 10.0 Å². The van der Waals surface area contributed by atoms with Crippen LogP contribution < -0.4 is 5.32 Å². The van der Waals surface area contributed by atoms with Crippen LogP contribution in [0.25, 0.3) is 0 Å². The third-order valence-electron chi connectivity index (χ3n) is 6.28. The van der Waals surface area contributed by atoms with Crippen LogP contribution in [0.3, 0.4) is 0 Å². The van der Waals surface area contributed by atoms with Crippen molar-refractivity contribution in [2.75, 3.05) is 26.3 Å². The Bertz CT molecular complexity index is 1070. The number of ether oxygens (including phenoxy) is 1. The summed E-state index contributed by atoms with van der Waals surface area (Å²) in [6.45, 7) is 5.21. The molecule has 6 nitrogen and oxygen atoms in total. The first-order valence-corrected chi connectivity index (χ1v) is 12.4. The van der Waals surface area contributed by atoms with Gasteiger partial charge in [-0.25, -0.2) is 8.42 Å². The van der Waals surface area contributed by atoms with E-state index >= 15 is 0 Å². The van der Waals surface area contributed by atoms with Gasteiger partial charge in [-0.2, -0.15) is 4.31 Å². The molecule has 1 aliphatic carbocycles. The van der Waals surface area contributed by atoms with Crippen LogP contribution in [0.1, 0.15) is 58.4 Å². The van der Waals surface area contributed by atoms with E-state index in [1.807, 2.05) is 13.8 Å². The number of amides is 1. The van der Waals surface area contributed by atoms with Crippen LogP contribution in [0, 0.1) is 6.92 Å². The predicted octanol–water partition coefficient (Wildman–Crippen LogP) is 3.39.